The van der Waals surface area contributed by atoms with Crippen molar-refractivity contribution in [3.63, 3.8) is 0 Å². The molecule has 0 saturated carbocycles. The molecule has 0 aromatic heterocycles. The molecule has 0 unspecified atom stereocenters. The van der Waals surface area contributed by atoms with E-state index in [9.17, 15) is 4.79 Å². The van der Waals surface area contributed by atoms with Crippen molar-refractivity contribution in [2.24, 2.45) is 5.73 Å². The summed E-state index contributed by atoms with van der Waals surface area (Å²) in [5, 5.41) is 0. The van der Waals surface area contributed by atoms with Crippen molar-refractivity contribution in [1.29, 1.82) is 0 Å². The van der Waals surface area contributed by atoms with Gasteiger partial charge in [-0.2, -0.15) is 0 Å². The van der Waals surface area contributed by atoms with Gasteiger partial charge in [-0.3, -0.25) is 9.69 Å². The van der Waals surface area contributed by atoms with Crippen LogP contribution in [0.3, 0.4) is 0 Å². The molecule has 0 aliphatic carbocycles. The molecule has 0 radical (unpaired) electrons. The molecule has 4 nitrogen and oxygen atoms in total. The first-order chi connectivity index (χ1) is 7.55. The van der Waals surface area contributed by atoms with Crippen LogP contribution < -0.4 is 5.73 Å². The first-order valence-electron chi connectivity index (χ1n) is 6.41. The molecule has 1 aliphatic rings. The molecular formula is C13H27N3O. The monoisotopic (exact) mass is 241 g/mol. The summed E-state index contributed by atoms with van der Waals surface area (Å²) in [7, 11) is 0. The van der Waals surface area contributed by atoms with Crippen LogP contribution in [0, 0.1) is 0 Å². The van der Waals surface area contributed by atoms with Crippen LogP contribution in [-0.4, -0.2) is 52.5 Å². The Morgan fingerprint density at radius 2 is 1.82 bits per heavy atom. The number of hydrogen-bond donors (Lipinski definition) is 1. The summed E-state index contributed by atoms with van der Waals surface area (Å²) in [5.41, 5.74) is 5.00. The average Bonchev–Trinajstić information content (AvgIpc) is 2.13. The summed E-state index contributed by atoms with van der Waals surface area (Å²) in [6.07, 6.45) is 0. The zero-order valence-corrected chi connectivity index (χ0v) is 12.1. The fourth-order valence-electron chi connectivity index (χ4n) is 2.36. The molecule has 0 aromatic carbocycles. The summed E-state index contributed by atoms with van der Waals surface area (Å²) in [6.45, 7) is 14.8. The van der Waals surface area contributed by atoms with Crippen LogP contribution in [0.25, 0.3) is 0 Å². The molecule has 1 heterocycles. The minimum Gasteiger partial charge on any atom is -0.333 e. The predicted molar refractivity (Wildman–Crippen MR) is 70.8 cm³/mol. The minimum absolute atomic E-state index is 0.0471. The lowest BCUT2D eigenvalue weighted by molar-refractivity contribution is -0.145. The second-order valence-corrected chi connectivity index (χ2v) is 6.56. The van der Waals surface area contributed by atoms with Crippen LogP contribution in [-0.2, 0) is 4.79 Å². The van der Waals surface area contributed by atoms with Gasteiger partial charge < -0.3 is 10.6 Å². The van der Waals surface area contributed by atoms with Gasteiger partial charge in [0, 0.05) is 25.7 Å². The number of amides is 1. The van der Waals surface area contributed by atoms with Crippen LogP contribution in [0.5, 0.6) is 0 Å². The van der Waals surface area contributed by atoms with Crippen molar-refractivity contribution < 1.29 is 4.79 Å². The zero-order valence-electron chi connectivity index (χ0n) is 12.1. The Hall–Kier alpha value is -0.610. The van der Waals surface area contributed by atoms with E-state index in [0.29, 0.717) is 6.04 Å². The highest BCUT2D eigenvalue weighted by Crippen LogP contribution is 2.24. The van der Waals surface area contributed by atoms with Gasteiger partial charge in [0.15, 0.2) is 0 Å². The third-order valence-electron chi connectivity index (χ3n) is 3.46. The maximum absolute atomic E-state index is 12.3. The average molecular weight is 241 g/mol. The highest BCUT2D eigenvalue weighted by Gasteiger charge is 2.41. The largest absolute Gasteiger partial charge is 0.333 e. The Morgan fingerprint density at radius 3 is 2.18 bits per heavy atom. The number of piperazine rings is 1. The van der Waals surface area contributed by atoms with E-state index in [1.807, 2.05) is 4.90 Å². The molecule has 1 saturated heterocycles. The van der Waals surface area contributed by atoms with Crippen molar-refractivity contribution in [2.45, 2.75) is 58.7 Å². The number of nitrogens with two attached hydrogens (primary N) is 1. The summed E-state index contributed by atoms with van der Waals surface area (Å²) in [6, 6.07) is 0.525. The number of carbonyl (C=O) groups is 1. The normalized spacial score (nSPS) is 22.0. The van der Waals surface area contributed by atoms with Gasteiger partial charge in [-0.15, -0.1) is 0 Å². The molecule has 4 heteroatoms. The van der Waals surface area contributed by atoms with Crippen LogP contribution in [0.2, 0.25) is 0 Å². The van der Waals surface area contributed by atoms with E-state index in [2.05, 4.69) is 32.6 Å². The summed E-state index contributed by atoms with van der Waals surface area (Å²) in [4.78, 5) is 16.6. The van der Waals surface area contributed by atoms with E-state index >= 15 is 0 Å². The molecule has 1 amide bonds. The Labute approximate surface area is 105 Å². The van der Waals surface area contributed by atoms with E-state index in [4.69, 9.17) is 5.73 Å². The maximum Gasteiger partial charge on any atom is 0.242 e. The second kappa shape index (κ2) is 4.58. The Bertz CT molecular complexity index is 292. The van der Waals surface area contributed by atoms with E-state index in [0.717, 1.165) is 19.6 Å². The molecule has 0 aromatic rings. The van der Waals surface area contributed by atoms with Gasteiger partial charge in [0.25, 0.3) is 0 Å². The van der Waals surface area contributed by atoms with Crippen molar-refractivity contribution in [3.8, 4) is 0 Å². The molecule has 1 aliphatic heterocycles. The quantitative estimate of drug-likeness (QED) is 0.786. The first kappa shape index (κ1) is 14.5. The van der Waals surface area contributed by atoms with Gasteiger partial charge in [0.2, 0.25) is 5.91 Å². The van der Waals surface area contributed by atoms with Gasteiger partial charge in [0.05, 0.1) is 11.1 Å². The Morgan fingerprint density at radius 1 is 1.29 bits per heavy atom. The van der Waals surface area contributed by atoms with Crippen LogP contribution >= 0.6 is 0 Å². The molecule has 0 bridgehead atoms. The standard InChI is InChI=1S/C13H27N3O/c1-10(2)15-7-8-16(12(3,4)9-15)11(17)13(5,6)14/h10H,7-9,14H2,1-6H3. The van der Waals surface area contributed by atoms with Crippen LogP contribution in [0.15, 0.2) is 0 Å². The second-order valence-electron chi connectivity index (χ2n) is 6.56. The van der Waals surface area contributed by atoms with Gasteiger partial charge in [-0.25, -0.2) is 0 Å². The first-order valence-corrected chi connectivity index (χ1v) is 6.41. The number of hydrogen-bond acceptors (Lipinski definition) is 3. The molecule has 1 rings (SSSR count). The van der Waals surface area contributed by atoms with E-state index in [1.54, 1.807) is 13.8 Å². The van der Waals surface area contributed by atoms with Crippen molar-refractivity contribution >= 4 is 5.91 Å². The molecular weight excluding hydrogens is 214 g/mol. The number of carbonyl (C=O) groups excluding carboxylic acids is 1. The molecule has 100 valence electrons. The van der Waals surface area contributed by atoms with E-state index in [-0.39, 0.29) is 11.4 Å². The third-order valence-corrected chi connectivity index (χ3v) is 3.46. The highest BCUT2D eigenvalue weighted by atomic mass is 16.2. The van der Waals surface area contributed by atoms with E-state index < -0.39 is 5.54 Å². The minimum atomic E-state index is -0.780. The summed E-state index contributed by atoms with van der Waals surface area (Å²) >= 11 is 0. The molecule has 0 atom stereocenters. The highest BCUT2D eigenvalue weighted by molar-refractivity contribution is 5.86. The van der Waals surface area contributed by atoms with Gasteiger partial charge in [0.1, 0.15) is 0 Å². The van der Waals surface area contributed by atoms with E-state index in [1.165, 1.54) is 0 Å². The lowest BCUT2D eigenvalue weighted by atomic mass is 9.94. The summed E-state index contributed by atoms with van der Waals surface area (Å²) in [5.74, 6) is 0.0471. The summed E-state index contributed by atoms with van der Waals surface area (Å²) < 4.78 is 0. The molecule has 0 spiro atoms. The van der Waals surface area contributed by atoms with Crippen molar-refractivity contribution in [2.75, 3.05) is 19.6 Å². The zero-order chi connectivity index (χ0) is 13.4. The molecule has 2 N–H and O–H groups in total. The molecule has 17 heavy (non-hydrogen) atoms. The van der Waals surface area contributed by atoms with Crippen molar-refractivity contribution in [3.05, 3.63) is 0 Å². The topological polar surface area (TPSA) is 49.6 Å². The number of nitrogens with zero attached hydrogens (tertiary/aromatic N) is 2. The molecule has 1 fully saturated rings. The maximum atomic E-state index is 12.3. The fraction of sp³-hybridized carbons (Fsp3) is 0.923. The Balaban J connectivity index is 2.82. The van der Waals surface area contributed by atoms with Gasteiger partial charge >= 0.3 is 0 Å². The number of rotatable bonds is 2. The SMILES string of the molecule is CC(C)N1CCN(C(=O)C(C)(C)N)C(C)(C)C1. The predicted octanol–water partition coefficient (Wildman–Crippen LogP) is 1.05. The fourth-order valence-corrected chi connectivity index (χ4v) is 2.36. The smallest absolute Gasteiger partial charge is 0.242 e. The van der Waals surface area contributed by atoms with Crippen molar-refractivity contribution in [1.82, 2.24) is 9.80 Å². The lowest BCUT2D eigenvalue weighted by Gasteiger charge is -2.50. The van der Waals surface area contributed by atoms with Crippen LogP contribution in [0.1, 0.15) is 41.5 Å². The van der Waals surface area contributed by atoms with Crippen LogP contribution in [0.4, 0.5) is 0 Å². The van der Waals surface area contributed by atoms with Gasteiger partial charge in [-0.05, 0) is 41.5 Å². The third kappa shape index (κ3) is 3.19. The lowest BCUT2D eigenvalue weighted by Crippen LogP contribution is -2.66. The van der Waals surface area contributed by atoms with Gasteiger partial charge in [-0.1, -0.05) is 0 Å². The Kier molecular flexibility index (Phi) is 3.89.